The Kier molecular flexibility index (Phi) is 9.15. The molecule has 3 heteroatoms. The van der Waals surface area contributed by atoms with Gasteiger partial charge in [-0.3, -0.25) is 4.79 Å². The van der Waals surface area contributed by atoms with Crippen molar-refractivity contribution in [2.75, 3.05) is 32.7 Å². The quantitative estimate of drug-likeness (QED) is 0.569. The monoisotopic (exact) mass is 336 g/mol. The van der Waals surface area contributed by atoms with Crippen LogP contribution in [0.25, 0.3) is 0 Å². The summed E-state index contributed by atoms with van der Waals surface area (Å²) in [6, 6.07) is 0. The molecule has 0 aromatic heterocycles. The molecule has 0 N–H and O–H groups in total. The van der Waals surface area contributed by atoms with Gasteiger partial charge in [0.1, 0.15) is 0 Å². The van der Waals surface area contributed by atoms with E-state index in [9.17, 15) is 4.79 Å². The van der Waals surface area contributed by atoms with Gasteiger partial charge in [0.2, 0.25) is 5.91 Å². The first-order valence-electron chi connectivity index (χ1n) is 10.7. The van der Waals surface area contributed by atoms with Gasteiger partial charge in [0.15, 0.2) is 0 Å². The van der Waals surface area contributed by atoms with Crippen LogP contribution in [0.5, 0.6) is 0 Å². The Balaban J connectivity index is 1.56. The molecule has 1 amide bonds. The lowest BCUT2D eigenvalue weighted by atomic mass is 9.91. The number of hydrogen-bond acceptors (Lipinski definition) is 2. The summed E-state index contributed by atoms with van der Waals surface area (Å²) in [5.74, 6) is 1.93. The molecule has 0 bridgehead atoms. The highest BCUT2D eigenvalue weighted by Gasteiger charge is 2.26. The van der Waals surface area contributed by atoms with Gasteiger partial charge in [-0.15, -0.1) is 0 Å². The lowest BCUT2D eigenvalue weighted by molar-refractivity contribution is -0.134. The molecule has 2 heterocycles. The Labute approximate surface area is 150 Å². The van der Waals surface area contributed by atoms with Gasteiger partial charge in [-0.2, -0.15) is 0 Å². The van der Waals surface area contributed by atoms with Crippen LogP contribution in [0.4, 0.5) is 0 Å². The fourth-order valence-corrected chi connectivity index (χ4v) is 4.32. The van der Waals surface area contributed by atoms with Crippen LogP contribution in [0.15, 0.2) is 0 Å². The Hall–Kier alpha value is -0.570. The number of rotatable bonds is 9. The molecule has 0 spiro atoms. The summed E-state index contributed by atoms with van der Waals surface area (Å²) in [6.45, 7) is 10.3. The highest BCUT2D eigenvalue weighted by Crippen LogP contribution is 2.25. The summed E-state index contributed by atoms with van der Waals surface area (Å²) in [4.78, 5) is 17.3. The topological polar surface area (TPSA) is 23.6 Å². The fourth-order valence-electron chi connectivity index (χ4n) is 4.32. The predicted octanol–water partition coefficient (Wildman–Crippen LogP) is 4.71. The Morgan fingerprint density at radius 2 is 1.46 bits per heavy atom. The van der Waals surface area contributed by atoms with Gasteiger partial charge >= 0.3 is 0 Å². The molecule has 3 nitrogen and oxygen atoms in total. The molecule has 2 rings (SSSR count). The van der Waals surface area contributed by atoms with Crippen LogP contribution in [0.2, 0.25) is 0 Å². The van der Waals surface area contributed by atoms with Crippen molar-refractivity contribution in [1.82, 2.24) is 9.80 Å². The van der Waals surface area contributed by atoms with E-state index in [2.05, 4.69) is 23.6 Å². The molecule has 2 fully saturated rings. The van der Waals surface area contributed by atoms with E-state index >= 15 is 0 Å². The third-order valence-electron chi connectivity index (χ3n) is 6.29. The second kappa shape index (κ2) is 11.1. The van der Waals surface area contributed by atoms with Crippen LogP contribution < -0.4 is 0 Å². The van der Waals surface area contributed by atoms with E-state index < -0.39 is 0 Å². The van der Waals surface area contributed by atoms with Crippen LogP contribution >= 0.6 is 0 Å². The number of nitrogens with zero attached hydrogens (tertiary/aromatic N) is 2. The van der Waals surface area contributed by atoms with Crippen LogP contribution in [0, 0.1) is 11.8 Å². The van der Waals surface area contributed by atoms with E-state index in [0.29, 0.717) is 11.8 Å². The highest BCUT2D eigenvalue weighted by molar-refractivity contribution is 5.76. The maximum Gasteiger partial charge on any atom is 0.222 e. The van der Waals surface area contributed by atoms with Crippen molar-refractivity contribution in [3.8, 4) is 0 Å². The van der Waals surface area contributed by atoms with E-state index in [1.165, 1.54) is 83.8 Å². The smallest absolute Gasteiger partial charge is 0.222 e. The van der Waals surface area contributed by atoms with Gasteiger partial charge in [0.25, 0.3) is 0 Å². The SMILES string of the molecule is CCCCCCCN1CCC(CC(=O)N2CCC(CC)CC2)CC1. The fraction of sp³-hybridized carbons (Fsp3) is 0.952. The highest BCUT2D eigenvalue weighted by atomic mass is 16.2. The largest absolute Gasteiger partial charge is 0.343 e. The van der Waals surface area contributed by atoms with Crippen molar-refractivity contribution in [3.05, 3.63) is 0 Å². The first kappa shape index (κ1) is 19.8. The molecule has 0 aromatic rings. The molecule has 0 aromatic carbocycles. The molecule has 0 atom stereocenters. The summed E-state index contributed by atoms with van der Waals surface area (Å²) in [5, 5.41) is 0. The van der Waals surface area contributed by atoms with Gasteiger partial charge in [-0.1, -0.05) is 46.0 Å². The molecular formula is C21H40N2O. The Morgan fingerprint density at radius 1 is 0.833 bits per heavy atom. The van der Waals surface area contributed by atoms with Crippen molar-refractivity contribution in [2.45, 2.75) is 84.5 Å². The molecule has 2 saturated heterocycles. The molecule has 0 unspecified atom stereocenters. The number of piperidine rings is 2. The number of carbonyl (C=O) groups excluding carboxylic acids is 1. The third-order valence-corrected chi connectivity index (χ3v) is 6.29. The van der Waals surface area contributed by atoms with Gasteiger partial charge in [0, 0.05) is 19.5 Å². The summed E-state index contributed by atoms with van der Waals surface area (Å²) >= 11 is 0. The van der Waals surface area contributed by atoms with Gasteiger partial charge in [-0.05, 0) is 63.6 Å². The zero-order valence-corrected chi connectivity index (χ0v) is 16.3. The van der Waals surface area contributed by atoms with Crippen LogP contribution in [-0.2, 0) is 4.79 Å². The summed E-state index contributed by atoms with van der Waals surface area (Å²) in [5.41, 5.74) is 0. The molecular weight excluding hydrogens is 296 g/mol. The normalized spacial score (nSPS) is 21.3. The second-order valence-corrected chi connectivity index (χ2v) is 8.14. The van der Waals surface area contributed by atoms with Crippen molar-refractivity contribution in [2.24, 2.45) is 11.8 Å². The number of likely N-dealkylation sites (tertiary alicyclic amines) is 2. The number of carbonyl (C=O) groups is 1. The van der Waals surface area contributed by atoms with Crippen molar-refractivity contribution >= 4 is 5.91 Å². The van der Waals surface area contributed by atoms with Crippen LogP contribution in [0.3, 0.4) is 0 Å². The van der Waals surface area contributed by atoms with Gasteiger partial charge in [-0.25, -0.2) is 0 Å². The molecule has 24 heavy (non-hydrogen) atoms. The van der Waals surface area contributed by atoms with E-state index in [1.807, 2.05) is 0 Å². The summed E-state index contributed by atoms with van der Waals surface area (Å²) < 4.78 is 0. The Bertz CT molecular complexity index is 342. The molecule has 0 saturated carbocycles. The van der Waals surface area contributed by atoms with Gasteiger partial charge in [0.05, 0.1) is 0 Å². The van der Waals surface area contributed by atoms with Crippen molar-refractivity contribution in [3.63, 3.8) is 0 Å². The minimum absolute atomic E-state index is 0.433. The van der Waals surface area contributed by atoms with Crippen molar-refractivity contribution < 1.29 is 4.79 Å². The zero-order chi connectivity index (χ0) is 17.2. The summed E-state index contributed by atoms with van der Waals surface area (Å²) in [6.07, 6.45) is 13.8. The lowest BCUT2D eigenvalue weighted by Crippen LogP contribution is -2.41. The molecule has 140 valence electrons. The molecule has 2 aliphatic rings. The Morgan fingerprint density at radius 3 is 2.08 bits per heavy atom. The average Bonchev–Trinajstić information content (AvgIpc) is 2.63. The van der Waals surface area contributed by atoms with Crippen LogP contribution in [0.1, 0.15) is 84.5 Å². The zero-order valence-electron chi connectivity index (χ0n) is 16.3. The predicted molar refractivity (Wildman–Crippen MR) is 102 cm³/mol. The molecule has 0 radical (unpaired) electrons. The minimum Gasteiger partial charge on any atom is -0.343 e. The summed E-state index contributed by atoms with van der Waals surface area (Å²) in [7, 11) is 0. The minimum atomic E-state index is 0.433. The number of hydrogen-bond donors (Lipinski definition) is 0. The van der Waals surface area contributed by atoms with E-state index in [1.54, 1.807) is 0 Å². The molecule has 2 aliphatic heterocycles. The number of unbranched alkanes of at least 4 members (excludes halogenated alkanes) is 4. The van der Waals surface area contributed by atoms with E-state index in [4.69, 9.17) is 0 Å². The first-order valence-corrected chi connectivity index (χ1v) is 10.7. The van der Waals surface area contributed by atoms with E-state index in [0.717, 1.165) is 25.4 Å². The standard InChI is InChI=1S/C21H40N2O/c1-3-5-6-7-8-13-22-14-9-20(10-15-22)18-21(24)23-16-11-19(4-2)12-17-23/h19-20H,3-18H2,1-2H3. The van der Waals surface area contributed by atoms with E-state index in [-0.39, 0.29) is 0 Å². The third kappa shape index (κ3) is 6.74. The second-order valence-electron chi connectivity index (χ2n) is 8.14. The van der Waals surface area contributed by atoms with Crippen LogP contribution in [-0.4, -0.2) is 48.4 Å². The maximum atomic E-state index is 12.5. The average molecular weight is 337 g/mol. The van der Waals surface area contributed by atoms with Gasteiger partial charge < -0.3 is 9.80 Å². The lowest BCUT2D eigenvalue weighted by Gasteiger charge is -2.35. The number of amides is 1. The first-order chi connectivity index (χ1) is 11.7. The van der Waals surface area contributed by atoms with Crippen molar-refractivity contribution in [1.29, 1.82) is 0 Å². The molecule has 0 aliphatic carbocycles. The maximum absolute atomic E-state index is 12.5.